The largest absolute Gasteiger partial charge is 0.392 e. The van der Waals surface area contributed by atoms with Crippen LogP contribution in [0.25, 0.3) is 5.69 Å². The number of aliphatic hydroxyl groups is 1. The topological polar surface area (TPSA) is 55.1 Å². The van der Waals surface area contributed by atoms with Crippen LogP contribution in [0.15, 0.2) is 30.5 Å². The van der Waals surface area contributed by atoms with E-state index >= 15 is 0 Å². The number of aryl methyl sites for hydroxylation is 1. The van der Waals surface area contributed by atoms with E-state index in [1.807, 2.05) is 19.1 Å². The Hall–Kier alpha value is -1.94. The maximum Gasteiger partial charge on any atom is 0.159 e. The van der Waals surface area contributed by atoms with Gasteiger partial charge in [0.15, 0.2) is 5.78 Å². The fraction of sp³-hybridized carbons (Fsp3) is 0.231. The van der Waals surface area contributed by atoms with E-state index in [2.05, 4.69) is 5.10 Å². The van der Waals surface area contributed by atoms with Crippen LogP contribution in [0.1, 0.15) is 28.5 Å². The summed E-state index contributed by atoms with van der Waals surface area (Å²) in [4.78, 5) is 11.3. The Kier molecular flexibility index (Phi) is 3.06. The third kappa shape index (κ3) is 2.26. The Bertz CT molecular complexity index is 558. The average Bonchev–Trinajstić information content (AvgIpc) is 2.71. The van der Waals surface area contributed by atoms with Gasteiger partial charge in [-0.25, -0.2) is 4.68 Å². The minimum atomic E-state index is -0.0295. The molecule has 17 heavy (non-hydrogen) atoms. The molecular weight excluding hydrogens is 216 g/mol. The Labute approximate surface area is 99.5 Å². The van der Waals surface area contributed by atoms with Gasteiger partial charge in [-0.05, 0) is 26.0 Å². The molecule has 0 unspecified atom stereocenters. The van der Waals surface area contributed by atoms with Crippen molar-refractivity contribution in [2.45, 2.75) is 20.5 Å². The van der Waals surface area contributed by atoms with Crippen molar-refractivity contribution in [3.8, 4) is 5.69 Å². The van der Waals surface area contributed by atoms with Crippen molar-refractivity contribution < 1.29 is 9.90 Å². The van der Waals surface area contributed by atoms with Crippen molar-refractivity contribution in [3.63, 3.8) is 0 Å². The lowest BCUT2D eigenvalue weighted by Crippen LogP contribution is -1.98. The number of benzene rings is 1. The van der Waals surface area contributed by atoms with E-state index in [0.717, 1.165) is 16.9 Å². The van der Waals surface area contributed by atoms with Crippen LogP contribution in [0, 0.1) is 6.92 Å². The zero-order chi connectivity index (χ0) is 12.4. The van der Waals surface area contributed by atoms with Gasteiger partial charge in [0, 0.05) is 17.3 Å². The molecule has 1 N–H and O–H groups in total. The molecule has 2 aromatic rings. The number of rotatable bonds is 3. The van der Waals surface area contributed by atoms with E-state index in [-0.39, 0.29) is 12.4 Å². The lowest BCUT2D eigenvalue weighted by atomic mass is 10.1. The molecule has 4 nitrogen and oxygen atoms in total. The highest BCUT2D eigenvalue weighted by Crippen LogP contribution is 2.14. The fourth-order valence-electron chi connectivity index (χ4n) is 1.65. The summed E-state index contributed by atoms with van der Waals surface area (Å²) < 4.78 is 1.67. The first-order chi connectivity index (χ1) is 8.11. The molecule has 0 spiro atoms. The van der Waals surface area contributed by atoms with Crippen LogP contribution in [0.2, 0.25) is 0 Å². The van der Waals surface area contributed by atoms with Gasteiger partial charge >= 0.3 is 0 Å². The summed E-state index contributed by atoms with van der Waals surface area (Å²) in [5.41, 5.74) is 3.06. The Balaban J connectivity index is 2.45. The second-order valence-corrected chi connectivity index (χ2v) is 3.95. The molecule has 4 heteroatoms. The van der Waals surface area contributed by atoms with Crippen LogP contribution >= 0.6 is 0 Å². The number of aromatic nitrogens is 2. The molecule has 0 bridgehead atoms. The molecule has 2 rings (SSSR count). The number of nitrogens with zero attached hydrogens (tertiary/aromatic N) is 2. The average molecular weight is 230 g/mol. The molecule has 88 valence electrons. The zero-order valence-electron chi connectivity index (χ0n) is 9.84. The molecule has 0 aliphatic heterocycles. The van der Waals surface area contributed by atoms with E-state index in [0.29, 0.717) is 5.56 Å². The zero-order valence-corrected chi connectivity index (χ0v) is 9.84. The van der Waals surface area contributed by atoms with E-state index in [9.17, 15) is 4.79 Å². The van der Waals surface area contributed by atoms with Gasteiger partial charge in [-0.15, -0.1) is 0 Å². The van der Waals surface area contributed by atoms with Crippen molar-refractivity contribution in [2.24, 2.45) is 0 Å². The van der Waals surface area contributed by atoms with Gasteiger partial charge < -0.3 is 5.11 Å². The van der Waals surface area contributed by atoms with Gasteiger partial charge in [-0.3, -0.25) is 4.79 Å². The second-order valence-electron chi connectivity index (χ2n) is 3.95. The number of carbonyl (C=O) groups is 1. The van der Waals surface area contributed by atoms with E-state index < -0.39 is 0 Å². The van der Waals surface area contributed by atoms with E-state index in [1.54, 1.807) is 23.0 Å². The van der Waals surface area contributed by atoms with Crippen molar-refractivity contribution >= 4 is 5.78 Å². The van der Waals surface area contributed by atoms with Crippen LogP contribution in [-0.4, -0.2) is 20.7 Å². The maximum atomic E-state index is 11.3. The predicted molar refractivity (Wildman–Crippen MR) is 64.2 cm³/mol. The van der Waals surface area contributed by atoms with Crippen molar-refractivity contribution in [1.29, 1.82) is 0 Å². The number of Topliss-reactive ketones (excluding diaryl/α,β-unsaturated/α-hetero) is 1. The van der Waals surface area contributed by atoms with Crippen LogP contribution in [0.3, 0.4) is 0 Å². The summed E-state index contributed by atoms with van der Waals surface area (Å²) in [5, 5.41) is 13.4. The smallest absolute Gasteiger partial charge is 0.159 e. The SMILES string of the molecule is CC(=O)c1cccc(-n2cc(CO)c(C)n2)c1. The lowest BCUT2D eigenvalue weighted by molar-refractivity contribution is 0.101. The molecule has 0 amide bonds. The molecule has 0 radical (unpaired) electrons. The number of carbonyl (C=O) groups excluding carboxylic acids is 1. The molecular formula is C13H14N2O2. The Morgan fingerprint density at radius 3 is 2.82 bits per heavy atom. The molecule has 0 fully saturated rings. The molecule has 0 saturated carbocycles. The molecule has 1 heterocycles. The van der Waals surface area contributed by atoms with Gasteiger partial charge in [0.2, 0.25) is 0 Å². The Morgan fingerprint density at radius 1 is 1.47 bits per heavy atom. The van der Waals surface area contributed by atoms with Crippen LogP contribution in [-0.2, 0) is 6.61 Å². The first kappa shape index (κ1) is 11.5. The fourth-order valence-corrected chi connectivity index (χ4v) is 1.65. The minimum absolute atomic E-state index is 0.0260. The Morgan fingerprint density at radius 2 is 2.24 bits per heavy atom. The van der Waals surface area contributed by atoms with Gasteiger partial charge in [0.1, 0.15) is 0 Å². The monoisotopic (exact) mass is 230 g/mol. The molecule has 1 aromatic heterocycles. The molecule has 0 saturated heterocycles. The first-order valence-corrected chi connectivity index (χ1v) is 5.39. The summed E-state index contributed by atoms with van der Waals surface area (Å²) in [5.74, 6) is 0.0260. The molecule has 0 aliphatic carbocycles. The highest BCUT2D eigenvalue weighted by atomic mass is 16.3. The summed E-state index contributed by atoms with van der Waals surface area (Å²) in [6.45, 7) is 3.35. The van der Waals surface area contributed by atoms with E-state index in [4.69, 9.17) is 5.11 Å². The van der Waals surface area contributed by atoms with Crippen LogP contribution in [0.5, 0.6) is 0 Å². The summed E-state index contributed by atoms with van der Waals surface area (Å²) in [7, 11) is 0. The van der Waals surface area contributed by atoms with Gasteiger partial charge in [-0.2, -0.15) is 5.10 Å². The van der Waals surface area contributed by atoms with Gasteiger partial charge in [-0.1, -0.05) is 12.1 Å². The third-order valence-corrected chi connectivity index (χ3v) is 2.69. The second kappa shape index (κ2) is 4.51. The van der Waals surface area contributed by atoms with Crippen molar-refractivity contribution in [3.05, 3.63) is 47.3 Å². The van der Waals surface area contributed by atoms with Gasteiger partial charge in [0.25, 0.3) is 0 Å². The lowest BCUT2D eigenvalue weighted by Gasteiger charge is -2.02. The quantitative estimate of drug-likeness (QED) is 0.819. The number of ketones is 1. The maximum absolute atomic E-state index is 11.3. The first-order valence-electron chi connectivity index (χ1n) is 5.39. The normalized spacial score (nSPS) is 10.5. The third-order valence-electron chi connectivity index (χ3n) is 2.69. The predicted octanol–water partition coefficient (Wildman–Crippen LogP) is 1.88. The van der Waals surface area contributed by atoms with Crippen molar-refractivity contribution in [2.75, 3.05) is 0 Å². The number of hydrogen-bond acceptors (Lipinski definition) is 3. The number of hydrogen-bond donors (Lipinski definition) is 1. The molecule has 0 atom stereocenters. The highest BCUT2D eigenvalue weighted by molar-refractivity contribution is 5.94. The van der Waals surface area contributed by atoms with Crippen molar-refractivity contribution in [1.82, 2.24) is 9.78 Å². The minimum Gasteiger partial charge on any atom is -0.392 e. The van der Waals surface area contributed by atoms with Crippen LogP contribution < -0.4 is 0 Å². The summed E-state index contributed by atoms with van der Waals surface area (Å²) >= 11 is 0. The van der Waals surface area contributed by atoms with Crippen LogP contribution in [0.4, 0.5) is 0 Å². The molecule has 1 aromatic carbocycles. The number of aliphatic hydroxyl groups excluding tert-OH is 1. The molecule has 0 aliphatic rings. The highest BCUT2D eigenvalue weighted by Gasteiger charge is 2.06. The van der Waals surface area contributed by atoms with Gasteiger partial charge in [0.05, 0.1) is 18.0 Å². The summed E-state index contributed by atoms with van der Waals surface area (Å²) in [6.07, 6.45) is 1.77. The standard InChI is InChI=1S/C13H14N2O2/c1-9-12(8-16)7-15(14-9)13-5-3-4-11(6-13)10(2)17/h3-7,16H,8H2,1-2H3. The van der Waals surface area contributed by atoms with E-state index in [1.165, 1.54) is 6.92 Å². The summed E-state index contributed by atoms with van der Waals surface area (Å²) in [6, 6.07) is 7.26.